The van der Waals surface area contributed by atoms with Gasteiger partial charge in [0, 0.05) is 31.7 Å². The summed E-state index contributed by atoms with van der Waals surface area (Å²) in [6.07, 6.45) is 1.71. The van der Waals surface area contributed by atoms with Gasteiger partial charge in [0.25, 0.3) is 5.91 Å². The van der Waals surface area contributed by atoms with Crippen molar-refractivity contribution in [2.24, 2.45) is 0 Å². The first-order chi connectivity index (χ1) is 12.9. The largest absolute Gasteiger partial charge is 0.335 e. The lowest BCUT2D eigenvalue weighted by atomic mass is 10.1. The summed E-state index contributed by atoms with van der Waals surface area (Å²) in [5.41, 5.74) is 1.000. The Morgan fingerprint density at radius 3 is 2.48 bits per heavy atom. The number of nitrogens with zero attached hydrogens (tertiary/aromatic N) is 2. The molecule has 0 bridgehead atoms. The van der Waals surface area contributed by atoms with Crippen molar-refractivity contribution in [1.29, 1.82) is 0 Å². The smallest absolute Gasteiger partial charge is 0.254 e. The normalized spacial score (nSPS) is 15.0. The molecule has 0 N–H and O–H groups in total. The zero-order chi connectivity index (χ0) is 19.4. The van der Waals surface area contributed by atoms with Crippen LogP contribution in [0.3, 0.4) is 0 Å². The molecule has 1 aliphatic heterocycles. The summed E-state index contributed by atoms with van der Waals surface area (Å²) in [6, 6.07) is 12.3. The van der Waals surface area contributed by atoms with E-state index >= 15 is 0 Å². The number of hydrogen-bond acceptors (Lipinski definition) is 3. The number of carbonyl (C=O) groups is 1. The first kappa shape index (κ1) is 19.5. The van der Waals surface area contributed by atoms with E-state index in [1.807, 2.05) is 6.92 Å². The van der Waals surface area contributed by atoms with Crippen LogP contribution >= 0.6 is 0 Å². The summed E-state index contributed by atoms with van der Waals surface area (Å²) in [6.45, 7) is 3.55. The Bertz CT molecular complexity index is 924. The number of amides is 1. The van der Waals surface area contributed by atoms with Gasteiger partial charge in [-0.15, -0.1) is 0 Å². The molecule has 1 heterocycles. The molecule has 5 nitrogen and oxygen atoms in total. The fraction of sp³-hybridized carbons (Fsp3) is 0.350. The fourth-order valence-electron chi connectivity index (χ4n) is 3.23. The van der Waals surface area contributed by atoms with Gasteiger partial charge >= 0.3 is 0 Å². The number of benzene rings is 2. The number of carbonyl (C=O) groups excluding carboxylic acids is 1. The third kappa shape index (κ3) is 4.36. The van der Waals surface area contributed by atoms with Gasteiger partial charge in [-0.1, -0.05) is 18.2 Å². The molecule has 27 heavy (non-hydrogen) atoms. The zero-order valence-corrected chi connectivity index (χ0v) is 16.1. The molecule has 0 saturated carbocycles. The van der Waals surface area contributed by atoms with Crippen molar-refractivity contribution in [3.8, 4) is 0 Å². The van der Waals surface area contributed by atoms with Crippen LogP contribution in [0.2, 0.25) is 0 Å². The van der Waals surface area contributed by atoms with Crippen molar-refractivity contribution >= 4 is 15.9 Å². The van der Waals surface area contributed by atoms with E-state index in [1.165, 1.54) is 28.6 Å². The Hall–Kier alpha value is -2.25. The molecular weight excluding hydrogens is 367 g/mol. The Balaban J connectivity index is 1.83. The molecule has 1 amide bonds. The average Bonchev–Trinajstić information content (AvgIpc) is 3.21. The molecule has 0 unspecified atom stereocenters. The van der Waals surface area contributed by atoms with E-state index in [9.17, 15) is 17.6 Å². The van der Waals surface area contributed by atoms with Gasteiger partial charge in [0.15, 0.2) is 0 Å². The van der Waals surface area contributed by atoms with Gasteiger partial charge in [-0.25, -0.2) is 12.8 Å². The monoisotopic (exact) mass is 390 g/mol. The Morgan fingerprint density at radius 2 is 1.81 bits per heavy atom. The van der Waals surface area contributed by atoms with Crippen LogP contribution in [-0.4, -0.2) is 43.2 Å². The molecule has 1 fully saturated rings. The highest BCUT2D eigenvalue weighted by atomic mass is 32.2. The van der Waals surface area contributed by atoms with Crippen LogP contribution < -0.4 is 0 Å². The van der Waals surface area contributed by atoms with E-state index < -0.39 is 10.0 Å². The van der Waals surface area contributed by atoms with Gasteiger partial charge in [0.2, 0.25) is 10.0 Å². The lowest BCUT2D eigenvalue weighted by molar-refractivity contribution is 0.0752. The maximum absolute atomic E-state index is 13.4. The van der Waals surface area contributed by atoms with Gasteiger partial charge < -0.3 is 4.90 Å². The molecule has 2 aromatic carbocycles. The highest BCUT2D eigenvalue weighted by Gasteiger charge is 2.28. The first-order valence-electron chi connectivity index (χ1n) is 9.06. The molecule has 2 aromatic rings. The van der Waals surface area contributed by atoms with Crippen molar-refractivity contribution in [2.75, 3.05) is 19.6 Å². The maximum Gasteiger partial charge on any atom is 0.254 e. The summed E-state index contributed by atoms with van der Waals surface area (Å²) < 4.78 is 40.3. The van der Waals surface area contributed by atoms with Crippen molar-refractivity contribution < 1.29 is 17.6 Å². The second-order valence-corrected chi connectivity index (χ2v) is 8.53. The minimum Gasteiger partial charge on any atom is -0.335 e. The van der Waals surface area contributed by atoms with Crippen LogP contribution in [0, 0.1) is 5.82 Å². The summed E-state index contributed by atoms with van der Waals surface area (Å²) in [5, 5.41) is 0. The SMILES string of the molecule is CCN(Cc1cccc(F)c1)C(=O)c1cccc(S(=O)(=O)N2CCCC2)c1. The topological polar surface area (TPSA) is 57.7 Å². The number of halogens is 1. The van der Waals surface area contributed by atoms with Crippen LogP contribution in [0.4, 0.5) is 4.39 Å². The molecule has 1 aliphatic rings. The van der Waals surface area contributed by atoms with Crippen molar-refractivity contribution in [3.05, 3.63) is 65.5 Å². The lowest BCUT2D eigenvalue weighted by Crippen LogP contribution is -2.31. The van der Waals surface area contributed by atoms with Gasteiger partial charge in [-0.2, -0.15) is 4.31 Å². The molecule has 0 aromatic heterocycles. The molecule has 0 spiro atoms. The molecule has 0 radical (unpaired) electrons. The number of rotatable bonds is 6. The Morgan fingerprint density at radius 1 is 1.11 bits per heavy atom. The third-order valence-electron chi connectivity index (χ3n) is 4.72. The van der Waals surface area contributed by atoms with Crippen LogP contribution in [0.5, 0.6) is 0 Å². The Labute approximate surface area is 159 Å². The molecule has 3 rings (SSSR count). The molecule has 144 valence electrons. The second kappa shape index (κ2) is 8.19. The second-order valence-electron chi connectivity index (χ2n) is 6.59. The van der Waals surface area contributed by atoms with E-state index in [4.69, 9.17) is 0 Å². The highest BCUT2D eigenvalue weighted by molar-refractivity contribution is 7.89. The van der Waals surface area contributed by atoms with E-state index in [1.54, 1.807) is 29.2 Å². The van der Waals surface area contributed by atoms with Gasteiger partial charge in [-0.3, -0.25) is 4.79 Å². The van der Waals surface area contributed by atoms with Crippen molar-refractivity contribution in [3.63, 3.8) is 0 Å². The van der Waals surface area contributed by atoms with Crippen molar-refractivity contribution in [2.45, 2.75) is 31.2 Å². The Kier molecular flexibility index (Phi) is 5.92. The minimum atomic E-state index is -3.58. The standard InChI is InChI=1S/C20H23FN2O3S/c1-2-22(15-16-7-5-9-18(21)13-16)20(24)17-8-6-10-19(14-17)27(25,26)23-11-3-4-12-23/h5-10,13-14H,2-4,11-12,15H2,1H3. The molecule has 0 atom stereocenters. The summed E-state index contributed by atoms with van der Waals surface area (Å²) >= 11 is 0. The van der Waals surface area contributed by atoms with Crippen LogP contribution in [0.25, 0.3) is 0 Å². The van der Waals surface area contributed by atoms with Gasteiger partial charge in [0.1, 0.15) is 5.82 Å². The summed E-state index contributed by atoms with van der Waals surface area (Å²) in [4.78, 5) is 14.6. The predicted octanol–water partition coefficient (Wildman–Crippen LogP) is 3.27. The van der Waals surface area contributed by atoms with Gasteiger partial charge in [0.05, 0.1) is 4.90 Å². The van der Waals surface area contributed by atoms with E-state index in [0.29, 0.717) is 30.8 Å². The predicted molar refractivity (Wildman–Crippen MR) is 101 cm³/mol. The third-order valence-corrected chi connectivity index (χ3v) is 6.61. The number of sulfonamides is 1. The lowest BCUT2D eigenvalue weighted by Gasteiger charge is -2.22. The summed E-state index contributed by atoms with van der Waals surface area (Å²) in [7, 11) is -3.58. The summed E-state index contributed by atoms with van der Waals surface area (Å²) in [5.74, 6) is -0.630. The van der Waals surface area contributed by atoms with Crippen molar-refractivity contribution in [1.82, 2.24) is 9.21 Å². The van der Waals surface area contributed by atoms with Gasteiger partial charge in [-0.05, 0) is 55.7 Å². The highest BCUT2D eigenvalue weighted by Crippen LogP contribution is 2.22. The maximum atomic E-state index is 13.4. The average molecular weight is 390 g/mol. The van der Waals surface area contributed by atoms with E-state index in [2.05, 4.69) is 0 Å². The number of hydrogen-bond donors (Lipinski definition) is 0. The minimum absolute atomic E-state index is 0.136. The molecule has 7 heteroatoms. The van der Waals surface area contributed by atoms with Crippen LogP contribution in [-0.2, 0) is 16.6 Å². The first-order valence-corrected chi connectivity index (χ1v) is 10.5. The van der Waals surface area contributed by atoms with E-state index in [-0.39, 0.29) is 23.2 Å². The quantitative estimate of drug-likeness (QED) is 0.761. The van der Waals surface area contributed by atoms with Crippen LogP contribution in [0.15, 0.2) is 53.4 Å². The van der Waals surface area contributed by atoms with E-state index in [0.717, 1.165) is 12.8 Å². The molecule has 0 aliphatic carbocycles. The van der Waals surface area contributed by atoms with Crippen LogP contribution in [0.1, 0.15) is 35.7 Å². The molecule has 1 saturated heterocycles. The molecular formula is C20H23FN2O3S. The fourth-order valence-corrected chi connectivity index (χ4v) is 4.80. The zero-order valence-electron chi connectivity index (χ0n) is 15.3.